The minimum Gasteiger partial charge on any atom is -0.481 e. The molecule has 1 aliphatic heterocycles. The molecule has 0 bridgehead atoms. The minimum absolute atomic E-state index is 0.144. The van der Waals surface area contributed by atoms with Crippen LogP contribution in [-0.2, 0) is 4.79 Å². The summed E-state index contributed by atoms with van der Waals surface area (Å²) >= 11 is 0. The lowest BCUT2D eigenvalue weighted by Crippen LogP contribution is -2.40. The number of aliphatic carboxylic acids is 1. The molecule has 16 heavy (non-hydrogen) atoms. The second-order valence-electron chi connectivity index (χ2n) is 4.62. The fourth-order valence-corrected chi connectivity index (χ4v) is 2.35. The Labute approximate surface area is 98.2 Å². The first-order chi connectivity index (χ1) is 7.63. The topological polar surface area (TPSA) is 43.8 Å². The maximum Gasteiger partial charge on any atom is 0.304 e. The molecule has 1 fully saturated rings. The monoisotopic (exact) mass is 228 g/mol. The number of likely N-dealkylation sites (N-methyl/N-ethyl adjacent to an activating group) is 1. The third-order valence-corrected chi connectivity index (χ3v) is 3.40. The second-order valence-corrected chi connectivity index (χ2v) is 4.62. The van der Waals surface area contributed by atoms with E-state index < -0.39 is 5.97 Å². The Balaban J connectivity index is 2.26. The van der Waals surface area contributed by atoms with Crippen molar-refractivity contribution in [1.29, 1.82) is 0 Å². The van der Waals surface area contributed by atoms with Crippen molar-refractivity contribution in [3.8, 4) is 0 Å². The highest BCUT2D eigenvalue weighted by molar-refractivity contribution is 5.67. The molecule has 1 aliphatic rings. The van der Waals surface area contributed by atoms with Crippen LogP contribution in [0.1, 0.15) is 33.1 Å². The zero-order valence-corrected chi connectivity index (χ0v) is 10.5. The molecule has 4 nitrogen and oxygen atoms in total. The van der Waals surface area contributed by atoms with Gasteiger partial charge in [-0.3, -0.25) is 9.69 Å². The molecule has 4 heteroatoms. The molecule has 0 radical (unpaired) electrons. The fraction of sp³-hybridized carbons (Fsp3) is 0.917. The summed E-state index contributed by atoms with van der Waals surface area (Å²) in [5.41, 5.74) is 0. The number of carboxylic acid groups (broad SMARTS) is 1. The largest absolute Gasteiger partial charge is 0.481 e. The Morgan fingerprint density at radius 1 is 1.44 bits per heavy atom. The van der Waals surface area contributed by atoms with Crippen LogP contribution in [0.2, 0.25) is 0 Å². The first kappa shape index (κ1) is 13.5. The van der Waals surface area contributed by atoms with Gasteiger partial charge in [-0.1, -0.05) is 6.92 Å². The molecular formula is C12H24N2O2. The average Bonchev–Trinajstić information content (AvgIpc) is 2.70. The van der Waals surface area contributed by atoms with E-state index in [4.69, 9.17) is 5.11 Å². The highest BCUT2D eigenvalue weighted by atomic mass is 16.4. The lowest BCUT2D eigenvalue weighted by molar-refractivity contribution is -0.138. The van der Waals surface area contributed by atoms with Crippen LogP contribution >= 0.6 is 0 Å². The van der Waals surface area contributed by atoms with Crippen molar-refractivity contribution in [2.75, 3.05) is 32.7 Å². The van der Waals surface area contributed by atoms with Crippen molar-refractivity contribution in [2.45, 2.75) is 39.2 Å². The Morgan fingerprint density at radius 2 is 2.06 bits per heavy atom. The molecule has 0 aromatic heterocycles. The summed E-state index contributed by atoms with van der Waals surface area (Å²) in [4.78, 5) is 15.4. The number of hydrogen-bond acceptors (Lipinski definition) is 3. The summed E-state index contributed by atoms with van der Waals surface area (Å²) in [5.74, 6) is -0.702. The van der Waals surface area contributed by atoms with Gasteiger partial charge < -0.3 is 10.0 Å². The van der Waals surface area contributed by atoms with E-state index in [2.05, 4.69) is 16.7 Å². The van der Waals surface area contributed by atoms with Gasteiger partial charge in [0.25, 0.3) is 0 Å². The van der Waals surface area contributed by atoms with Crippen molar-refractivity contribution in [2.24, 2.45) is 0 Å². The number of carboxylic acids is 1. The van der Waals surface area contributed by atoms with E-state index in [0.29, 0.717) is 0 Å². The zero-order valence-electron chi connectivity index (χ0n) is 10.5. The van der Waals surface area contributed by atoms with Crippen molar-refractivity contribution >= 4 is 5.97 Å². The molecular weight excluding hydrogens is 204 g/mol. The molecule has 0 aromatic carbocycles. The van der Waals surface area contributed by atoms with E-state index in [9.17, 15) is 4.79 Å². The van der Waals surface area contributed by atoms with Crippen LogP contribution < -0.4 is 0 Å². The fourth-order valence-electron chi connectivity index (χ4n) is 2.35. The van der Waals surface area contributed by atoms with E-state index >= 15 is 0 Å². The molecule has 94 valence electrons. The smallest absolute Gasteiger partial charge is 0.304 e. The van der Waals surface area contributed by atoms with Gasteiger partial charge in [-0.05, 0) is 39.4 Å². The molecule has 0 aliphatic carbocycles. The lowest BCUT2D eigenvalue weighted by atomic mass is 10.2. The summed E-state index contributed by atoms with van der Waals surface area (Å²) in [6.07, 6.45) is 2.88. The summed E-state index contributed by atoms with van der Waals surface area (Å²) < 4.78 is 0. The Bertz CT molecular complexity index is 215. The van der Waals surface area contributed by atoms with E-state index in [1.165, 1.54) is 25.9 Å². The molecule has 1 heterocycles. The van der Waals surface area contributed by atoms with E-state index in [-0.39, 0.29) is 12.5 Å². The standard InChI is InChI=1S/C12H24N2O2/c1-3-14(11(2)10-12(15)16)9-8-13-6-4-5-7-13/h11H,3-10H2,1-2H3,(H,15,16). The molecule has 1 rings (SSSR count). The predicted molar refractivity (Wildman–Crippen MR) is 64.6 cm³/mol. The second kappa shape index (κ2) is 6.86. The van der Waals surface area contributed by atoms with Crippen LogP contribution in [0.4, 0.5) is 0 Å². The lowest BCUT2D eigenvalue weighted by Gasteiger charge is -2.28. The summed E-state index contributed by atoms with van der Waals surface area (Å²) in [5, 5.41) is 8.77. The normalized spacial score (nSPS) is 19.2. The maximum atomic E-state index is 10.7. The van der Waals surface area contributed by atoms with Crippen LogP contribution in [0, 0.1) is 0 Å². The number of rotatable bonds is 7. The van der Waals surface area contributed by atoms with Crippen molar-refractivity contribution < 1.29 is 9.90 Å². The molecule has 0 aromatic rings. The summed E-state index contributed by atoms with van der Waals surface area (Å²) in [6, 6.07) is 0.144. The van der Waals surface area contributed by atoms with Crippen molar-refractivity contribution in [3.05, 3.63) is 0 Å². The van der Waals surface area contributed by atoms with Gasteiger partial charge in [0.1, 0.15) is 0 Å². The predicted octanol–water partition coefficient (Wildman–Crippen LogP) is 1.27. The molecule has 1 atom stereocenters. The quantitative estimate of drug-likeness (QED) is 0.712. The van der Waals surface area contributed by atoms with Crippen LogP contribution in [0.25, 0.3) is 0 Å². The minimum atomic E-state index is -0.702. The van der Waals surface area contributed by atoms with Crippen LogP contribution in [-0.4, -0.2) is 59.6 Å². The van der Waals surface area contributed by atoms with Crippen LogP contribution in [0.5, 0.6) is 0 Å². The molecule has 1 N–H and O–H groups in total. The van der Waals surface area contributed by atoms with Gasteiger partial charge in [-0.2, -0.15) is 0 Å². The number of likely N-dealkylation sites (tertiary alicyclic amines) is 1. The van der Waals surface area contributed by atoms with Gasteiger partial charge in [0, 0.05) is 19.1 Å². The van der Waals surface area contributed by atoms with Gasteiger partial charge in [-0.15, -0.1) is 0 Å². The third kappa shape index (κ3) is 4.49. The van der Waals surface area contributed by atoms with E-state index in [1.807, 2.05) is 6.92 Å². The van der Waals surface area contributed by atoms with Gasteiger partial charge in [0.05, 0.1) is 6.42 Å². The van der Waals surface area contributed by atoms with Gasteiger partial charge in [0.15, 0.2) is 0 Å². The molecule has 0 saturated carbocycles. The number of carbonyl (C=O) groups is 1. The Morgan fingerprint density at radius 3 is 2.56 bits per heavy atom. The van der Waals surface area contributed by atoms with Gasteiger partial charge in [0.2, 0.25) is 0 Å². The third-order valence-electron chi connectivity index (χ3n) is 3.40. The van der Waals surface area contributed by atoms with Gasteiger partial charge in [-0.25, -0.2) is 0 Å². The highest BCUT2D eigenvalue weighted by Gasteiger charge is 2.17. The highest BCUT2D eigenvalue weighted by Crippen LogP contribution is 2.09. The Hall–Kier alpha value is -0.610. The first-order valence-corrected chi connectivity index (χ1v) is 6.31. The maximum absolute atomic E-state index is 10.7. The number of hydrogen-bond donors (Lipinski definition) is 1. The van der Waals surface area contributed by atoms with E-state index in [0.717, 1.165) is 19.6 Å². The van der Waals surface area contributed by atoms with Crippen LogP contribution in [0.3, 0.4) is 0 Å². The zero-order chi connectivity index (χ0) is 12.0. The summed E-state index contributed by atoms with van der Waals surface area (Å²) in [7, 11) is 0. The first-order valence-electron chi connectivity index (χ1n) is 6.31. The average molecular weight is 228 g/mol. The molecule has 1 saturated heterocycles. The summed E-state index contributed by atoms with van der Waals surface area (Å²) in [6.45, 7) is 9.53. The van der Waals surface area contributed by atoms with Crippen molar-refractivity contribution in [1.82, 2.24) is 9.80 Å². The molecule has 0 spiro atoms. The number of nitrogens with zero attached hydrogens (tertiary/aromatic N) is 2. The van der Waals surface area contributed by atoms with E-state index in [1.54, 1.807) is 0 Å². The molecule has 0 amide bonds. The van der Waals surface area contributed by atoms with Crippen molar-refractivity contribution in [3.63, 3.8) is 0 Å². The SMILES string of the molecule is CCN(CCN1CCCC1)C(C)CC(=O)O. The van der Waals surface area contributed by atoms with Crippen LogP contribution in [0.15, 0.2) is 0 Å². The van der Waals surface area contributed by atoms with Gasteiger partial charge >= 0.3 is 5.97 Å². The Kier molecular flexibility index (Phi) is 5.77. The molecule has 1 unspecified atom stereocenters.